The fraction of sp³-hybridized carbons (Fsp3) is 0.562. The van der Waals surface area contributed by atoms with E-state index in [4.69, 9.17) is 0 Å². The Morgan fingerprint density at radius 2 is 2.00 bits per heavy atom. The molecular weight excluding hydrogens is 290 g/mol. The summed E-state index contributed by atoms with van der Waals surface area (Å²) in [5, 5.41) is 3.26. The fourth-order valence-electron chi connectivity index (χ4n) is 2.81. The van der Waals surface area contributed by atoms with Crippen molar-refractivity contribution in [2.45, 2.75) is 26.1 Å². The van der Waals surface area contributed by atoms with Crippen LogP contribution in [0.4, 0.5) is 5.95 Å². The van der Waals surface area contributed by atoms with Crippen molar-refractivity contribution in [3.63, 3.8) is 0 Å². The maximum Gasteiger partial charge on any atom is 0.222 e. The standard InChI is InChI=1S/C16H25N7/c1-21(2)9-10-22-7-4-8-23-13-20-14(15(23)12-22)11-19-16-17-5-3-6-18-16/h3,5-6,13H,4,7-12H2,1-2H3,(H,17,18,19). The Labute approximate surface area is 137 Å². The molecule has 7 heteroatoms. The average molecular weight is 315 g/mol. The van der Waals surface area contributed by atoms with Gasteiger partial charge in [-0.1, -0.05) is 0 Å². The lowest BCUT2D eigenvalue weighted by molar-refractivity contribution is 0.236. The maximum atomic E-state index is 4.59. The molecule has 7 nitrogen and oxygen atoms in total. The van der Waals surface area contributed by atoms with Gasteiger partial charge in [0.05, 0.1) is 24.3 Å². The van der Waals surface area contributed by atoms with Gasteiger partial charge in [0.1, 0.15) is 0 Å². The molecule has 0 saturated carbocycles. The van der Waals surface area contributed by atoms with Gasteiger partial charge < -0.3 is 14.8 Å². The summed E-state index contributed by atoms with van der Waals surface area (Å²) in [6.45, 7) is 5.98. The van der Waals surface area contributed by atoms with Crippen LogP contribution in [0.25, 0.3) is 0 Å². The molecule has 124 valence electrons. The molecule has 0 aliphatic carbocycles. The highest BCUT2D eigenvalue weighted by molar-refractivity contribution is 5.26. The Kier molecular flexibility index (Phi) is 5.19. The summed E-state index contributed by atoms with van der Waals surface area (Å²) in [5.41, 5.74) is 2.40. The normalized spacial score (nSPS) is 15.4. The van der Waals surface area contributed by atoms with Gasteiger partial charge in [0.15, 0.2) is 0 Å². The molecule has 0 atom stereocenters. The molecule has 0 saturated heterocycles. The topological polar surface area (TPSA) is 62.1 Å². The third-order valence-electron chi connectivity index (χ3n) is 4.12. The van der Waals surface area contributed by atoms with E-state index in [1.807, 2.05) is 12.4 Å². The van der Waals surface area contributed by atoms with Crippen molar-refractivity contribution in [2.24, 2.45) is 0 Å². The number of aryl methyl sites for hydroxylation is 1. The second-order valence-electron chi connectivity index (χ2n) is 6.19. The van der Waals surface area contributed by atoms with Crippen molar-refractivity contribution in [1.82, 2.24) is 29.3 Å². The molecule has 1 N–H and O–H groups in total. The molecule has 3 heterocycles. The van der Waals surface area contributed by atoms with Gasteiger partial charge in [-0.15, -0.1) is 0 Å². The van der Waals surface area contributed by atoms with Crippen LogP contribution in [0.5, 0.6) is 0 Å². The Bertz CT molecular complexity index is 608. The Hall–Kier alpha value is -1.99. The number of aromatic nitrogens is 4. The van der Waals surface area contributed by atoms with Crippen molar-refractivity contribution in [3.8, 4) is 0 Å². The van der Waals surface area contributed by atoms with Crippen molar-refractivity contribution < 1.29 is 0 Å². The van der Waals surface area contributed by atoms with E-state index in [9.17, 15) is 0 Å². The zero-order valence-electron chi connectivity index (χ0n) is 13.9. The van der Waals surface area contributed by atoms with E-state index in [0.717, 1.165) is 38.4 Å². The van der Waals surface area contributed by atoms with Crippen molar-refractivity contribution in [2.75, 3.05) is 39.0 Å². The second-order valence-corrected chi connectivity index (χ2v) is 6.19. The highest BCUT2D eigenvalue weighted by Gasteiger charge is 2.18. The molecule has 0 spiro atoms. The largest absolute Gasteiger partial charge is 0.348 e. The number of hydrogen-bond donors (Lipinski definition) is 1. The van der Waals surface area contributed by atoms with E-state index in [1.54, 1.807) is 12.4 Å². The predicted molar refractivity (Wildman–Crippen MR) is 90.0 cm³/mol. The first-order valence-electron chi connectivity index (χ1n) is 8.13. The smallest absolute Gasteiger partial charge is 0.222 e. The molecule has 1 aliphatic heterocycles. The Morgan fingerprint density at radius 3 is 2.78 bits per heavy atom. The summed E-state index contributed by atoms with van der Waals surface area (Å²) in [4.78, 5) is 17.7. The lowest BCUT2D eigenvalue weighted by Crippen LogP contribution is -2.31. The molecule has 0 unspecified atom stereocenters. The highest BCUT2D eigenvalue weighted by Crippen LogP contribution is 2.16. The van der Waals surface area contributed by atoms with Gasteiger partial charge in [-0.3, -0.25) is 4.90 Å². The molecule has 3 rings (SSSR count). The number of rotatable bonds is 6. The number of imidazole rings is 1. The van der Waals surface area contributed by atoms with Gasteiger partial charge >= 0.3 is 0 Å². The quantitative estimate of drug-likeness (QED) is 0.860. The van der Waals surface area contributed by atoms with Crippen LogP contribution in [0.2, 0.25) is 0 Å². The van der Waals surface area contributed by atoms with Gasteiger partial charge in [-0.2, -0.15) is 0 Å². The van der Waals surface area contributed by atoms with E-state index < -0.39 is 0 Å². The number of nitrogens with zero attached hydrogens (tertiary/aromatic N) is 6. The van der Waals surface area contributed by atoms with Crippen LogP contribution in [-0.2, 0) is 19.6 Å². The lowest BCUT2D eigenvalue weighted by atomic mass is 10.3. The monoisotopic (exact) mass is 315 g/mol. The number of anilines is 1. The van der Waals surface area contributed by atoms with Gasteiger partial charge in [-0.25, -0.2) is 15.0 Å². The van der Waals surface area contributed by atoms with Crippen molar-refractivity contribution in [1.29, 1.82) is 0 Å². The maximum absolute atomic E-state index is 4.59. The predicted octanol–water partition coefficient (Wildman–Crippen LogP) is 1.05. The van der Waals surface area contributed by atoms with Crippen molar-refractivity contribution in [3.05, 3.63) is 36.2 Å². The minimum absolute atomic E-state index is 0.646. The van der Waals surface area contributed by atoms with Crippen LogP contribution in [0, 0.1) is 0 Å². The zero-order chi connectivity index (χ0) is 16.1. The van der Waals surface area contributed by atoms with Crippen molar-refractivity contribution >= 4 is 5.95 Å². The number of fused-ring (bicyclic) bond motifs is 1. The van der Waals surface area contributed by atoms with Gasteiger partial charge in [0, 0.05) is 45.1 Å². The summed E-state index contributed by atoms with van der Waals surface area (Å²) >= 11 is 0. The number of nitrogens with one attached hydrogen (secondary N) is 1. The van der Waals surface area contributed by atoms with E-state index in [-0.39, 0.29) is 0 Å². The summed E-state index contributed by atoms with van der Waals surface area (Å²) in [6, 6.07) is 1.82. The van der Waals surface area contributed by atoms with Crippen LogP contribution in [0.15, 0.2) is 24.8 Å². The zero-order valence-corrected chi connectivity index (χ0v) is 13.9. The van der Waals surface area contributed by atoms with Gasteiger partial charge in [-0.05, 0) is 26.6 Å². The molecule has 23 heavy (non-hydrogen) atoms. The lowest BCUT2D eigenvalue weighted by Gasteiger charge is -2.22. The molecule has 0 amide bonds. The van der Waals surface area contributed by atoms with E-state index in [2.05, 4.69) is 48.7 Å². The first-order valence-corrected chi connectivity index (χ1v) is 8.13. The third kappa shape index (κ3) is 4.27. The highest BCUT2D eigenvalue weighted by atomic mass is 15.2. The minimum atomic E-state index is 0.646. The van der Waals surface area contributed by atoms with E-state index in [1.165, 1.54) is 12.1 Å². The summed E-state index contributed by atoms with van der Waals surface area (Å²) < 4.78 is 2.29. The molecule has 0 radical (unpaired) electrons. The molecule has 0 bridgehead atoms. The van der Waals surface area contributed by atoms with E-state index >= 15 is 0 Å². The molecule has 2 aromatic rings. The van der Waals surface area contributed by atoms with E-state index in [0.29, 0.717) is 12.5 Å². The molecule has 2 aromatic heterocycles. The summed E-state index contributed by atoms with van der Waals surface area (Å²) in [5.74, 6) is 0.646. The summed E-state index contributed by atoms with van der Waals surface area (Å²) in [7, 11) is 4.24. The molecular formula is C16H25N7. The van der Waals surface area contributed by atoms with Crippen LogP contribution in [-0.4, -0.2) is 63.0 Å². The van der Waals surface area contributed by atoms with Crippen LogP contribution < -0.4 is 5.32 Å². The van der Waals surface area contributed by atoms with Crippen LogP contribution >= 0.6 is 0 Å². The second kappa shape index (κ2) is 7.52. The molecule has 0 aromatic carbocycles. The Morgan fingerprint density at radius 1 is 1.17 bits per heavy atom. The molecule has 0 fully saturated rings. The van der Waals surface area contributed by atoms with Crippen LogP contribution in [0.1, 0.15) is 17.8 Å². The Balaban J connectivity index is 1.66. The SMILES string of the molecule is CN(C)CCN1CCCn2cnc(CNc3ncccn3)c2C1. The van der Waals surface area contributed by atoms with Gasteiger partial charge in [0.2, 0.25) is 5.95 Å². The number of likely N-dealkylation sites (N-methyl/N-ethyl adjacent to an activating group) is 1. The average Bonchev–Trinajstić information content (AvgIpc) is 2.81. The number of hydrogen-bond acceptors (Lipinski definition) is 6. The fourth-order valence-corrected chi connectivity index (χ4v) is 2.81. The third-order valence-corrected chi connectivity index (χ3v) is 4.12. The first kappa shape index (κ1) is 15.9. The van der Waals surface area contributed by atoms with Crippen LogP contribution in [0.3, 0.4) is 0 Å². The minimum Gasteiger partial charge on any atom is -0.348 e. The van der Waals surface area contributed by atoms with Gasteiger partial charge in [0.25, 0.3) is 0 Å². The molecule has 1 aliphatic rings. The summed E-state index contributed by atoms with van der Waals surface area (Å²) in [6.07, 6.45) is 6.62. The first-order chi connectivity index (χ1) is 11.2.